The summed E-state index contributed by atoms with van der Waals surface area (Å²) in [6.45, 7) is 3.40. The third-order valence-corrected chi connectivity index (χ3v) is 4.04. The second-order valence-corrected chi connectivity index (χ2v) is 5.56. The molecule has 1 atom stereocenters. The predicted molar refractivity (Wildman–Crippen MR) is 78.6 cm³/mol. The van der Waals surface area contributed by atoms with Crippen molar-refractivity contribution >= 4 is 28.5 Å². The lowest BCUT2D eigenvalue weighted by atomic mass is 10.2. The largest absolute Gasteiger partial charge is 0.380 e. The number of hydrogen-bond donors (Lipinski definition) is 0. The first kappa shape index (κ1) is 15.5. The summed E-state index contributed by atoms with van der Waals surface area (Å²) in [6, 6.07) is 9.26. The average Bonchev–Trinajstić information content (AvgIpc) is 2.43. The molecule has 0 aliphatic rings. The molecule has 100 valence electrons. The Morgan fingerprint density at radius 1 is 1.39 bits per heavy atom. The minimum Gasteiger partial charge on any atom is -0.380 e. The van der Waals surface area contributed by atoms with Gasteiger partial charge in [-0.1, -0.05) is 55.4 Å². The maximum absolute atomic E-state index is 12.0. The molecule has 0 saturated carbocycles. The van der Waals surface area contributed by atoms with Crippen molar-refractivity contribution in [2.45, 2.75) is 25.0 Å². The minimum atomic E-state index is 0.0243. The number of hydrogen-bond acceptors (Lipinski definition) is 3. The van der Waals surface area contributed by atoms with E-state index in [0.29, 0.717) is 18.1 Å². The first-order valence-corrected chi connectivity index (χ1v) is 7.59. The van der Waals surface area contributed by atoms with Gasteiger partial charge in [0.2, 0.25) is 5.12 Å². The van der Waals surface area contributed by atoms with Gasteiger partial charge in [-0.15, -0.1) is 11.6 Å². The highest BCUT2D eigenvalue weighted by Crippen LogP contribution is 2.19. The van der Waals surface area contributed by atoms with Gasteiger partial charge in [0.15, 0.2) is 0 Å². The summed E-state index contributed by atoms with van der Waals surface area (Å²) in [5.74, 6) is 0.426. The lowest BCUT2D eigenvalue weighted by Gasteiger charge is -2.12. The van der Waals surface area contributed by atoms with Crippen molar-refractivity contribution in [2.75, 3.05) is 19.1 Å². The molecule has 0 amide bonds. The number of carbonyl (C=O) groups is 1. The van der Waals surface area contributed by atoms with Gasteiger partial charge in [-0.3, -0.25) is 4.79 Å². The smallest absolute Gasteiger partial charge is 0.219 e. The van der Waals surface area contributed by atoms with Crippen LogP contribution in [-0.2, 0) is 4.74 Å². The fourth-order valence-electron chi connectivity index (χ4n) is 1.36. The molecular formula is C14H19ClO2S. The first-order chi connectivity index (χ1) is 8.77. The normalized spacial score (nSPS) is 12.3. The molecule has 0 radical (unpaired) electrons. The van der Waals surface area contributed by atoms with Crippen LogP contribution in [0.2, 0.25) is 0 Å². The molecule has 1 aromatic carbocycles. The van der Waals surface area contributed by atoms with Crippen molar-refractivity contribution in [1.29, 1.82) is 0 Å². The number of rotatable bonds is 8. The molecule has 0 spiro atoms. The van der Waals surface area contributed by atoms with Gasteiger partial charge in [0, 0.05) is 23.3 Å². The van der Waals surface area contributed by atoms with Crippen molar-refractivity contribution in [2.24, 2.45) is 0 Å². The zero-order chi connectivity index (χ0) is 13.2. The van der Waals surface area contributed by atoms with Gasteiger partial charge in [-0.05, 0) is 6.42 Å². The van der Waals surface area contributed by atoms with E-state index in [2.05, 4.69) is 6.92 Å². The van der Waals surface area contributed by atoms with E-state index in [0.717, 1.165) is 19.4 Å². The van der Waals surface area contributed by atoms with Crippen LogP contribution in [0.1, 0.15) is 30.1 Å². The highest BCUT2D eigenvalue weighted by atomic mass is 35.5. The molecule has 0 aliphatic carbocycles. The summed E-state index contributed by atoms with van der Waals surface area (Å²) in [5, 5.41) is 0.0802. The Kier molecular flexibility index (Phi) is 8.14. The van der Waals surface area contributed by atoms with Gasteiger partial charge < -0.3 is 4.74 Å². The Morgan fingerprint density at radius 2 is 2.11 bits per heavy atom. The molecule has 18 heavy (non-hydrogen) atoms. The van der Waals surface area contributed by atoms with Crippen LogP contribution in [-0.4, -0.2) is 29.5 Å². The highest BCUT2D eigenvalue weighted by Gasteiger charge is 2.15. The van der Waals surface area contributed by atoms with Crippen molar-refractivity contribution < 1.29 is 9.53 Å². The lowest BCUT2D eigenvalue weighted by Crippen LogP contribution is -2.17. The zero-order valence-corrected chi connectivity index (χ0v) is 12.2. The maximum atomic E-state index is 12.0. The molecule has 0 aromatic heterocycles. The lowest BCUT2D eigenvalue weighted by molar-refractivity contribution is 0.108. The Balaban J connectivity index is 2.36. The SMILES string of the molecule is CCCCOCC(CCl)SC(=O)c1ccccc1. The molecule has 4 heteroatoms. The summed E-state index contributed by atoms with van der Waals surface area (Å²) in [5.41, 5.74) is 0.714. The van der Waals surface area contributed by atoms with E-state index in [9.17, 15) is 4.79 Å². The molecule has 0 bridgehead atoms. The number of alkyl halides is 1. The number of ether oxygens (including phenoxy) is 1. The third kappa shape index (κ3) is 5.89. The quantitative estimate of drug-likeness (QED) is 0.534. The molecular weight excluding hydrogens is 268 g/mol. The second-order valence-electron chi connectivity index (χ2n) is 3.98. The number of carbonyl (C=O) groups excluding carboxylic acids is 1. The average molecular weight is 287 g/mol. The van der Waals surface area contributed by atoms with Gasteiger partial charge in [0.1, 0.15) is 0 Å². The van der Waals surface area contributed by atoms with E-state index in [1.807, 2.05) is 30.3 Å². The number of benzene rings is 1. The van der Waals surface area contributed by atoms with Crippen LogP contribution in [0.5, 0.6) is 0 Å². The molecule has 1 rings (SSSR count). The fourth-order valence-corrected chi connectivity index (χ4v) is 2.45. The molecule has 0 N–H and O–H groups in total. The summed E-state index contributed by atoms with van der Waals surface area (Å²) in [6.07, 6.45) is 2.16. The Bertz CT molecular complexity index is 343. The standard InChI is InChI=1S/C14H19ClO2S/c1-2-3-9-17-11-13(10-15)18-14(16)12-7-5-4-6-8-12/h4-8,13H,2-3,9-11H2,1H3. The molecule has 1 unspecified atom stereocenters. The monoisotopic (exact) mass is 286 g/mol. The van der Waals surface area contributed by atoms with E-state index in [-0.39, 0.29) is 10.4 Å². The summed E-state index contributed by atoms with van der Waals surface area (Å²) in [4.78, 5) is 12.0. The second kappa shape index (κ2) is 9.42. The Labute approximate surface area is 118 Å². The van der Waals surface area contributed by atoms with Gasteiger partial charge in [0.05, 0.1) is 6.61 Å². The van der Waals surface area contributed by atoms with E-state index in [4.69, 9.17) is 16.3 Å². The number of halogens is 1. The van der Waals surface area contributed by atoms with Crippen molar-refractivity contribution in [3.8, 4) is 0 Å². The van der Waals surface area contributed by atoms with Gasteiger partial charge >= 0.3 is 0 Å². The van der Waals surface area contributed by atoms with Gasteiger partial charge in [0.25, 0.3) is 0 Å². The van der Waals surface area contributed by atoms with Crippen molar-refractivity contribution in [3.05, 3.63) is 35.9 Å². The summed E-state index contributed by atoms with van der Waals surface area (Å²) < 4.78 is 5.51. The van der Waals surface area contributed by atoms with Crippen molar-refractivity contribution in [3.63, 3.8) is 0 Å². The summed E-state index contributed by atoms with van der Waals surface area (Å²) in [7, 11) is 0. The Morgan fingerprint density at radius 3 is 2.72 bits per heavy atom. The fraction of sp³-hybridized carbons (Fsp3) is 0.500. The molecule has 0 fully saturated rings. The van der Waals surface area contributed by atoms with Crippen LogP contribution in [0.25, 0.3) is 0 Å². The predicted octanol–water partition coefficient (Wildman–Crippen LogP) is 3.98. The molecule has 0 heterocycles. The number of unbranched alkanes of at least 4 members (excludes halogenated alkanes) is 1. The zero-order valence-electron chi connectivity index (χ0n) is 10.6. The van der Waals surface area contributed by atoms with Crippen LogP contribution in [0.4, 0.5) is 0 Å². The van der Waals surface area contributed by atoms with E-state index >= 15 is 0 Å². The first-order valence-electron chi connectivity index (χ1n) is 6.17. The van der Waals surface area contributed by atoms with Crippen LogP contribution in [0.15, 0.2) is 30.3 Å². The van der Waals surface area contributed by atoms with E-state index < -0.39 is 0 Å². The topological polar surface area (TPSA) is 26.3 Å². The Hall–Kier alpha value is -0.510. The van der Waals surface area contributed by atoms with Crippen LogP contribution in [0, 0.1) is 0 Å². The van der Waals surface area contributed by atoms with E-state index in [1.165, 1.54) is 11.8 Å². The molecule has 2 nitrogen and oxygen atoms in total. The van der Waals surface area contributed by atoms with Crippen LogP contribution >= 0.6 is 23.4 Å². The number of thioether (sulfide) groups is 1. The van der Waals surface area contributed by atoms with Crippen LogP contribution in [0.3, 0.4) is 0 Å². The highest BCUT2D eigenvalue weighted by molar-refractivity contribution is 8.14. The maximum Gasteiger partial charge on any atom is 0.219 e. The molecule has 0 saturated heterocycles. The molecule has 1 aromatic rings. The summed E-state index contributed by atoms with van der Waals surface area (Å²) >= 11 is 7.12. The third-order valence-electron chi connectivity index (χ3n) is 2.40. The van der Waals surface area contributed by atoms with Gasteiger partial charge in [-0.2, -0.15) is 0 Å². The van der Waals surface area contributed by atoms with Crippen LogP contribution < -0.4 is 0 Å². The van der Waals surface area contributed by atoms with E-state index in [1.54, 1.807) is 0 Å². The van der Waals surface area contributed by atoms with Crippen molar-refractivity contribution in [1.82, 2.24) is 0 Å². The minimum absolute atomic E-state index is 0.0243. The van der Waals surface area contributed by atoms with Gasteiger partial charge in [-0.25, -0.2) is 0 Å². The molecule has 0 aliphatic heterocycles.